The van der Waals surface area contributed by atoms with Crippen LogP contribution < -0.4 is 15.2 Å². The highest BCUT2D eigenvalue weighted by molar-refractivity contribution is 7.92. The minimum Gasteiger partial charge on any atom is -0.489 e. The van der Waals surface area contributed by atoms with Crippen molar-refractivity contribution in [2.45, 2.75) is 6.61 Å². The van der Waals surface area contributed by atoms with Crippen molar-refractivity contribution in [3.8, 4) is 22.8 Å². The Morgan fingerprint density at radius 3 is 2.62 bits per heavy atom. The summed E-state index contributed by atoms with van der Waals surface area (Å²) in [6.07, 6.45) is 4.09. The molecule has 2 aromatic heterocycles. The first-order valence-electron chi connectivity index (χ1n) is 10.00. The molecule has 0 aliphatic heterocycles. The molecule has 0 unspecified atom stereocenters. The normalized spacial score (nSPS) is 11.2. The molecule has 34 heavy (non-hydrogen) atoms. The van der Waals surface area contributed by atoms with Crippen LogP contribution in [0, 0.1) is 0 Å². The summed E-state index contributed by atoms with van der Waals surface area (Å²) >= 11 is 6.19. The van der Waals surface area contributed by atoms with Gasteiger partial charge in [0.1, 0.15) is 18.1 Å². The summed E-state index contributed by atoms with van der Waals surface area (Å²) in [6, 6.07) is 17.5. The molecular weight excluding hydrogens is 478 g/mol. The first-order valence-corrected chi connectivity index (χ1v) is 12.3. The molecule has 2 heterocycles. The molecule has 1 amide bonds. The SMILES string of the molecule is CS(=O)(=O)Nc1cc(Cl)cc(-c2nn(-c3ncccc3COc3ccccc3)cc2C(N)=O)c1. The van der Waals surface area contributed by atoms with E-state index >= 15 is 0 Å². The van der Waals surface area contributed by atoms with Crippen LogP contribution in [-0.4, -0.2) is 35.3 Å². The Hall–Kier alpha value is -3.89. The van der Waals surface area contributed by atoms with Crippen LogP contribution in [0.25, 0.3) is 17.1 Å². The Labute approximate surface area is 201 Å². The van der Waals surface area contributed by atoms with Crippen molar-refractivity contribution in [3.63, 3.8) is 0 Å². The number of carbonyl (C=O) groups excluding carboxylic acids is 1. The third kappa shape index (κ3) is 5.53. The highest BCUT2D eigenvalue weighted by atomic mass is 35.5. The van der Waals surface area contributed by atoms with E-state index in [9.17, 15) is 13.2 Å². The molecule has 0 spiro atoms. The molecule has 0 fully saturated rings. The van der Waals surface area contributed by atoms with Crippen molar-refractivity contribution in [2.24, 2.45) is 5.73 Å². The van der Waals surface area contributed by atoms with E-state index in [4.69, 9.17) is 22.1 Å². The number of benzene rings is 2. The summed E-state index contributed by atoms with van der Waals surface area (Å²) in [6.45, 7) is 0.216. The minimum absolute atomic E-state index is 0.119. The van der Waals surface area contributed by atoms with Gasteiger partial charge in [-0.3, -0.25) is 9.52 Å². The van der Waals surface area contributed by atoms with Gasteiger partial charge in [0, 0.05) is 28.5 Å². The van der Waals surface area contributed by atoms with Crippen LogP contribution in [-0.2, 0) is 16.6 Å². The molecule has 2 aromatic carbocycles. The number of rotatable bonds is 8. The molecule has 0 saturated carbocycles. The zero-order valence-corrected chi connectivity index (χ0v) is 19.5. The fraction of sp³-hybridized carbons (Fsp3) is 0.0870. The zero-order valence-electron chi connectivity index (χ0n) is 18.0. The maximum absolute atomic E-state index is 12.2. The number of nitrogens with zero attached hydrogens (tertiary/aromatic N) is 3. The molecule has 9 nitrogen and oxygen atoms in total. The Kier molecular flexibility index (Phi) is 6.53. The first kappa shape index (κ1) is 23.3. The number of para-hydroxylation sites is 1. The van der Waals surface area contributed by atoms with E-state index in [1.165, 1.54) is 23.0 Å². The Morgan fingerprint density at radius 1 is 1.15 bits per heavy atom. The summed E-state index contributed by atoms with van der Waals surface area (Å²) in [5.41, 5.74) is 7.32. The lowest BCUT2D eigenvalue weighted by molar-refractivity contribution is 0.100. The van der Waals surface area contributed by atoms with Gasteiger partial charge in [-0.25, -0.2) is 18.1 Å². The van der Waals surface area contributed by atoms with Gasteiger partial charge in [0.15, 0.2) is 5.82 Å². The number of nitrogens with one attached hydrogen (secondary N) is 1. The monoisotopic (exact) mass is 497 g/mol. The van der Waals surface area contributed by atoms with Crippen molar-refractivity contribution in [1.29, 1.82) is 0 Å². The van der Waals surface area contributed by atoms with E-state index in [0.29, 0.717) is 17.1 Å². The molecule has 0 atom stereocenters. The lowest BCUT2D eigenvalue weighted by atomic mass is 10.1. The van der Waals surface area contributed by atoms with Crippen LogP contribution in [0.15, 0.2) is 73.1 Å². The summed E-state index contributed by atoms with van der Waals surface area (Å²) in [5, 5.41) is 4.78. The van der Waals surface area contributed by atoms with E-state index in [0.717, 1.165) is 11.8 Å². The molecule has 174 valence electrons. The van der Waals surface area contributed by atoms with E-state index in [-0.39, 0.29) is 28.6 Å². The number of ether oxygens (including phenoxy) is 1. The largest absolute Gasteiger partial charge is 0.489 e. The molecule has 4 rings (SSSR count). The van der Waals surface area contributed by atoms with Gasteiger partial charge in [0.2, 0.25) is 10.0 Å². The molecule has 0 bridgehead atoms. The zero-order chi connectivity index (χ0) is 24.3. The number of hydrogen-bond acceptors (Lipinski definition) is 6. The van der Waals surface area contributed by atoms with E-state index < -0.39 is 15.9 Å². The quantitative estimate of drug-likeness (QED) is 0.382. The minimum atomic E-state index is -3.54. The van der Waals surface area contributed by atoms with Crippen LogP contribution >= 0.6 is 11.6 Å². The number of amides is 1. The maximum atomic E-state index is 12.2. The standard InChI is InChI=1S/C23H20ClN5O4S/c1-34(31,32)28-18-11-16(10-17(24)12-18)21-20(22(25)30)13-29(27-21)23-15(6-5-9-26-23)14-33-19-7-3-2-4-8-19/h2-13,28H,14H2,1H3,(H2,25,30). The second-order valence-electron chi connectivity index (χ2n) is 7.39. The summed E-state index contributed by atoms with van der Waals surface area (Å²) in [5.74, 6) is 0.432. The van der Waals surface area contributed by atoms with Crippen LogP contribution in [0.1, 0.15) is 15.9 Å². The van der Waals surface area contributed by atoms with E-state index in [1.54, 1.807) is 18.3 Å². The predicted octanol–water partition coefficient (Wildman–Crippen LogP) is 3.64. The highest BCUT2D eigenvalue weighted by Gasteiger charge is 2.20. The van der Waals surface area contributed by atoms with Crippen molar-refractivity contribution < 1.29 is 17.9 Å². The van der Waals surface area contributed by atoms with Crippen molar-refractivity contribution in [2.75, 3.05) is 11.0 Å². The summed E-state index contributed by atoms with van der Waals surface area (Å²) in [4.78, 5) is 16.6. The van der Waals surface area contributed by atoms with Gasteiger partial charge in [-0.05, 0) is 36.4 Å². The number of anilines is 1. The average Bonchev–Trinajstić information content (AvgIpc) is 3.23. The Morgan fingerprint density at radius 2 is 1.91 bits per heavy atom. The molecule has 0 aliphatic carbocycles. The van der Waals surface area contributed by atoms with E-state index in [2.05, 4.69) is 14.8 Å². The third-order valence-electron chi connectivity index (χ3n) is 4.68. The number of nitrogens with two attached hydrogens (primary N) is 1. The van der Waals surface area contributed by atoms with Crippen molar-refractivity contribution >= 4 is 33.2 Å². The number of carbonyl (C=O) groups is 1. The summed E-state index contributed by atoms with van der Waals surface area (Å²) in [7, 11) is -3.54. The van der Waals surface area contributed by atoms with Gasteiger partial charge in [-0.1, -0.05) is 35.9 Å². The second-order valence-corrected chi connectivity index (χ2v) is 9.58. The van der Waals surface area contributed by atoms with Gasteiger partial charge in [-0.2, -0.15) is 5.10 Å². The number of primary amides is 1. The smallest absolute Gasteiger partial charge is 0.252 e. The van der Waals surface area contributed by atoms with Gasteiger partial charge in [0.25, 0.3) is 5.91 Å². The first-order chi connectivity index (χ1) is 16.2. The third-order valence-corrected chi connectivity index (χ3v) is 5.50. The molecule has 3 N–H and O–H groups in total. The number of halogens is 1. The van der Waals surface area contributed by atoms with Gasteiger partial charge in [0.05, 0.1) is 17.5 Å². The van der Waals surface area contributed by atoms with Gasteiger partial charge < -0.3 is 10.5 Å². The predicted molar refractivity (Wildman–Crippen MR) is 130 cm³/mol. The Bertz CT molecular complexity index is 1460. The molecular formula is C23H20ClN5O4S. The lowest BCUT2D eigenvalue weighted by Gasteiger charge is -2.10. The molecule has 0 aliphatic rings. The summed E-state index contributed by atoms with van der Waals surface area (Å²) < 4.78 is 33.0. The van der Waals surface area contributed by atoms with Crippen LogP contribution in [0.4, 0.5) is 5.69 Å². The van der Waals surface area contributed by atoms with E-state index in [1.807, 2.05) is 36.4 Å². The number of hydrogen-bond donors (Lipinski definition) is 2. The lowest BCUT2D eigenvalue weighted by Crippen LogP contribution is -2.11. The average molecular weight is 498 g/mol. The number of sulfonamides is 1. The second kappa shape index (κ2) is 9.54. The molecule has 0 saturated heterocycles. The van der Waals surface area contributed by atoms with Crippen LogP contribution in [0.3, 0.4) is 0 Å². The fourth-order valence-electron chi connectivity index (χ4n) is 3.30. The van der Waals surface area contributed by atoms with Crippen LogP contribution in [0.5, 0.6) is 5.75 Å². The highest BCUT2D eigenvalue weighted by Crippen LogP contribution is 2.30. The number of pyridine rings is 1. The molecule has 4 aromatic rings. The van der Waals surface area contributed by atoms with Gasteiger partial charge in [-0.15, -0.1) is 0 Å². The molecule has 0 radical (unpaired) electrons. The maximum Gasteiger partial charge on any atom is 0.252 e. The Balaban J connectivity index is 1.74. The fourth-order valence-corrected chi connectivity index (χ4v) is 4.08. The van der Waals surface area contributed by atoms with Crippen molar-refractivity contribution in [1.82, 2.24) is 14.8 Å². The van der Waals surface area contributed by atoms with Crippen molar-refractivity contribution in [3.05, 3.63) is 89.2 Å². The van der Waals surface area contributed by atoms with Crippen LogP contribution in [0.2, 0.25) is 5.02 Å². The topological polar surface area (TPSA) is 129 Å². The molecule has 11 heteroatoms. The van der Waals surface area contributed by atoms with Gasteiger partial charge >= 0.3 is 0 Å². The number of aromatic nitrogens is 3.